The first-order valence-electron chi connectivity index (χ1n) is 8.82. The van der Waals surface area contributed by atoms with Crippen LogP contribution in [0.15, 0.2) is 78.9 Å². The van der Waals surface area contributed by atoms with Gasteiger partial charge in [0.05, 0.1) is 7.11 Å². The molecule has 1 unspecified atom stereocenters. The number of ether oxygens (including phenoxy) is 2. The lowest BCUT2D eigenvalue weighted by Crippen LogP contribution is -2.21. The quantitative estimate of drug-likeness (QED) is 0.488. The van der Waals surface area contributed by atoms with Crippen LogP contribution < -0.4 is 20.3 Å². The summed E-state index contributed by atoms with van der Waals surface area (Å²) in [4.78, 5) is 11.7. The molecule has 0 saturated heterocycles. The highest BCUT2D eigenvalue weighted by atomic mass is 16.5. The third kappa shape index (κ3) is 5.02. The summed E-state index contributed by atoms with van der Waals surface area (Å²) in [6.07, 6.45) is -1.12. The zero-order valence-corrected chi connectivity index (χ0v) is 15.5. The van der Waals surface area contributed by atoms with E-state index in [4.69, 9.17) is 9.47 Å². The van der Waals surface area contributed by atoms with Crippen LogP contribution in [0.25, 0.3) is 0 Å². The van der Waals surface area contributed by atoms with E-state index in [2.05, 4.69) is 10.9 Å². The van der Waals surface area contributed by atoms with Crippen molar-refractivity contribution in [2.45, 2.75) is 12.6 Å². The van der Waals surface area contributed by atoms with Gasteiger partial charge in [0, 0.05) is 17.8 Å². The number of hydrogen-bond acceptors (Lipinski definition) is 5. The van der Waals surface area contributed by atoms with Crippen molar-refractivity contribution < 1.29 is 19.4 Å². The lowest BCUT2D eigenvalue weighted by atomic mass is 10.1. The van der Waals surface area contributed by atoms with E-state index in [9.17, 15) is 9.90 Å². The predicted octanol–water partition coefficient (Wildman–Crippen LogP) is 4.02. The highest BCUT2D eigenvalue weighted by molar-refractivity contribution is 5.75. The van der Waals surface area contributed by atoms with Gasteiger partial charge in [-0.2, -0.15) is 0 Å². The maximum atomic E-state index is 11.7. The monoisotopic (exact) mass is 378 g/mol. The zero-order chi connectivity index (χ0) is 19.8. The highest BCUT2D eigenvalue weighted by Gasteiger charge is 2.23. The van der Waals surface area contributed by atoms with Gasteiger partial charge in [-0.1, -0.05) is 54.6 Å². The van der Waals surface area contributed by atoms with Gasteiger partial charge < -0.3 is 20.0 Å². The number of aliphatic carboxylic acids is 1. The van der Waals surface area contributed by atoms with Crippen LogP contribution in [-0.2, 0) is 11.3 Å². The SMILES string of the molecule is COc1ccc(CNNc2ccccc2)cc1OC(C(=O)O)c1ccccc1. The Kier molecular flexibility index (Phi) is 6.49. The standard InChI is InChI=1S/C22H22N2O4/c1-27-19-13-12-16(15-23-24-18-10-6-3-7-11-18)14-20(19)28-21(22(25)26)17-8-4-2-5-9-17/h2-14,21,23-24H,15H2,1H3,(H,25,26). The van der Waals surface area contributed by atoms with Crippen LogP contribution >= 0.6 is 0 Å². The van der Waals surface area contributed by atoms with Gasteiger partial charge in [-0.3, -0.25) is 0 Å². The van der Waals surface area contributed by atoms with Gasteiger partial charge in [0.25, 0.3) is 0 Å². The van der Waals surface area contributed by atoms with Crippen LogP contribution in [0, 0.1) is 0 Å². The number of anilines is 1. The molecule has 0 radical (unpaired) electrons. The fourth-order valence-electron chi connectivity index (χ4n) is 2.71. The van der Waals surface area contributed by atoms with Gasteiger partial charge in [-0.25, -0.2) is 10.2 Å². The minimum Gasteiger partial charge on any atom is -0.493 e. The van der Waals surface area contributed by atoms with E-state index < -0.39 is 12.1 Å². The first-order chi connectivity index (χ1) is 13.7. The Morgan fingerprint density at radius 2 is 1.64 bits per heavy atom. The Hall–Kier alpha value is -3.51. The molecule has 3 N–H and O–H groups in total. The molecule has 3 aromatic rings. The van der Waals surface area contributed by atoms with Crippen molar-refractivity contribution in [2.75, 3.05) is 12.5 Å². The van der Waals surface area contributed by atoms with Crippen LogP contribution in [-0.4, -0.2) is 18.2 Å². The normalized spacial score (nSPS) is 11.5. The molecule has 3 rings (SSSR count). The fraction of sp³-hybridized carbons (Fsp3) is 0.136. The van der Waals surface area contributed by atoms with Gasteiger partial charge in [-0.05, 0) is 29.8 Å². The molecule has 28 heavy (non-hydrogen) atoms. The summed E-state index contributed by atoms with van der Waals surface area (Å²) in [6, 6.07) is 24.0. The van der Waals surface area contributed by atoms with E-state index in [-0.39, 0.29) is 0 Å². The molecule has 0 aliphatic carbocycles. The average Bonchev–Trinajstić information content (AvgIpc) is 2.73. The summed E-state index contributed by atoms with van der Waals surface area (Å²) in [5.41, 5.74) is 8.66. The topological polar surface area (TPSA) is 79.8 Å². The maximum Gasteiger partial charge on any atom is 0.349 e. The highest BCUT2D eigenvalue weighted by Crippen LogP contribution is 2.32. The summed E-state index contributed by atoms with van der Waals surface area (Å²) >= 11 is 0. The van der Waals surface area contributed by atoms with E-state index >= 15 is 0 Å². The molecule has 6 nitrogen and oxygen atoms in total. The van der Waals surface area contributed by atoms with Gasteiger partial charge in [0.15, 0.2) is 11.5 Å². The van der Waals surface area contributed by atoms with Gasteiger partial charge in [0.2, 0.25) is 6.10 Å². The van der Waals surface area contributed by atoms with E-state index in [0.717, 1.165) is 11.3 Å². The number of carbonyl (C=O) groups is 1. The number of carboxylic acids is 1. The third-order valence-electron chi connectivity index (χ3n) is 4.10. The summed E-state index contributed by atoms with van der Waals surface area (Å²) < 4.78 is 11.2. The second-order valence-corrected chi connectivity index (χ2v) is 6.08. The number of carboxylic acid groups (broad SMARTS) is 1. The maximum absolute atomic E-state index is 11.7. The average molecular weight is 378 g/mol. The number of nitrogens with one attached hydrogen (secondary N) is 2. The van der Waals surface area contributed by atoms with E-state index in [1.54, 1.807) is 36.4 Å². The first-order valence-corrected chi connectivity index (χ1v) is 8.82. The number of methoxy groups -OCH3 is 1. The smallest absolute Gasteiger partial charge is 0.349 e. The number of rotatable bonds is 9. The Bertz CT molecular complexity index is 901. The van der Waals surface area contributed by atoms with Crippen molar-refractivity contribution in [1.82, 2.24) is 5.43 Å². The Balaban J connectivity index is 1.74. The summed E-state index contributed by atoms with van der Waals surface area (Å²) in [6.45, 7) is 0.512. The first kappa shape index (κ1) is 19.3. The molecule has 0 aliphatic heterocycles. The molecule has 144 valence electrons. The van der Waals surface area contributed by atoms with Crippen molar-refractivity contribution in [3.63, 3.8) is 0 Å². The fourth-order valence-corrected chi connectivity index (χ4v) is 2.71. The van der Waals surface area contributed by atoms with E-state index in [0.29, 0.717) is 23.6 Å². The summed E-state index contributed by atoms with van der Waals surface area (Å²) in [5, 5.41) is 9.60. The van der Waals surface area contributed by atoms with Gasteiger partial charge in [0.1, 0.15) is 0 Å². The van der Waals surface area contributed by atoms with Crippen molar-refractivity contribution in [3.8, 4) is 11.5 Å². The molecule has 0 fully saturated rings. The number of benzene rings is 3. The molecule has 0 amide bonds. The van der Waals surface area contributed by atoms with Crippen LogP contribution in [0.1, 0.15) is 17.2 Å². The second-order valence-electron chi connectivity index (χ2n) is 6.08. The molecule has 3 aromatic carbocycles. The molecule has 0 spiro atoms. The minimum atomic E-state index is -1.12. The molecule has 0 saturated carbocycles. The van der Waals surface area contributed by atoms with E-state index in [1.807, 2.05) is 42.5 Å². The van der Waals surface area contributed by atoms with Gasteiger partial charge >= 0.3 is 5.97 Å². The number of hydrazine groups is 1. The molecule has 1 atom stereocenters. The molecule has 0 aliphatic rings. The minimum absolute atomic E-state index is 0.373. The van der Waals surface area contributed by atoms with Crippen molar-refractivity contribution in [3.05, 3.63) is 90.0 Å². The lowest BCUT2D eigenvalue weighted by Gasteiger charge is -2.18. The van der Waals surface area contributed by atoms with Crippen LogP contribution in [0.5, 0.6) is 11.5 Å². The third-order valence-corrected chi connectivity index (χ3v) is 4.10. The van der Waals surface area contributed by atoms with Crippen LogP contribution in [0.2, 0.25) is 0 Å². The number of hydrogen-bond donors (Lipinski definition) is 3. The molecule has 0 heterocycles. The molecular formula is C22H22N2O4. The van der Waals surface area contributed by atoms with Crippen molar-refractivity contribution in [1.29, 1.82) is 0 Å². The van der Waals surface area contributed by atoms with Crippen molar-refractivity contribution >= 4 is 11.7 Å². The molecular weight excluding hydrogens is 356 g/mol. The lowest BCUT2D eigenvalue weighted by molar-refractivity contribution is -0.145. The predicted molar refractivity (Wildman–Crippen MR) is 107 cm³/mol. The zero-order valence-electron chi connectivity index (χ0n) is 15.5. The second kappa shape index (κ2) is 9.43. The Morgan fingerprint density at radius 3 is 2.29 bits per heavy atom. The number of para-hydroxylation sites is 1. The molecule has 0 bridgehead atoms. The molecule has 6 heteroatoms. The largest absolute Gasteiger partial charge is 0.493 e. The molecule has 0 aromatic heterocycles. The Morgan fingerprint density at radius 1 is 0.964 bits per heavy atom. The Labute approximate surface area is 163 Å². The van der Waals surface area contributed by atoms with Crippen molar-refractivity contribution in [2.24, 2.45) is 0 Å². The van der Waals surface area contributed by atoms with Crippen LogP contribution in [0.4, 0.5) is 5.69 Å². The summed E-state index contributed by atoms with van der Waals surface area (Å²) in [7, 11) is 1.52. The van der Waals surface area contributed by atoms with E-state index in [1.165, 1.54) is 7.11 Å². The summed E-state index contributed by atoms with van der Waals surface area (Å²) in [5.74, 6) is -0.220. The van der Waals surface area contributed by atoms with Gasteiger partial charge in [-0.15, -0.1) is 0 Å². The van der Waals surface area contributed by atoms with Crippen LogP contribution in [0.3, 0.4) is 0 Å².